The predicted octanol–water partition coefficient (Wildman–Crippen LogP) is 3.11. The average Bonchev–Trinajstić information content (AvgIpc) is 2.31. The molecule has 1 saturated carbocycles. The lowest BCUT2D eigenvalue weighted by Gasteiger charge is -2.20. The Balaban J connectivity index is 2.55. The van der Waals surface area contributed by atoms with Gasteiger partial charge in [-0.1, -0.05) is 46.5 Å². The first-order chi connectivity index (χ1) is 6.50. The first-order valence-corrected chi connectivity index (χ1v) is 5.84. The molecule has 2 N–H and O–H groups in total. The number of nitrogens with zero attached hydrogens (tertiary/aromatic N) is 1. The van der Waals surface area contributed by atoms with E-state index in [1.54, 1.807) is 0 Å². The lowest BCUT2D eigenvalue weighted by Crippen LogP contribution is -2.30. The summed E-state index contributed by atoms with van der Waals surface area (Å²) in [5.74, 6) is 0.824. The predicted molar refractivity (Wildman–Crippen MR) is 62.6 cm³/mol. The molecular weight excluding hydrogens is 172 g/mol. The number of rotatable bonds is 1. The van der Waals surface area contributed by atoms with Crippen LogP contribution in [0.4, 0.5) is 0 Å². The van der Waals surface area contributed by atoms with E-state index in [9.17, 15) is 0 Å². The zero-order valence-electron chi connectivity index (χ0n) is 9.84. The molecule has 1 aliphatic rings. The number of nitrogens with two attached hydrogens (primary N) is 1. The van der Waals surface area contributed by atoms with Crippen molar-refractivity contribution in [3.63, 3.8) is 0 Å². The zero-order chi connectivity index (χ0) is 10.6. The molecule has 0 unspecified atom stereocenters. The standard InChI is InChI=1S/C12H24N2/c1-12(2,3)11(13)14-10-8-6-4-5-7-9-10/h10H,4-9H2,1-3H3,(H2,13,14). The molecule has 0 radical (unpaired) electrons. The van der Waals surface area contributed by atoms with E-state index in [1.165, 1.54) is 38.5 Å². The van der Waals surface area contributed by atoms with E-state index in [0.717, 1.165) is 5.84 Å². The van der Waals surface area contributed by atoms with Gasteiger partial charge in [-0.15, -0.1) is 0 Å². The van der Waals surface area contributed by atoms with Gasteiger partial charge < -0.3 is 5.73 Å². The Bertz CT molecular complexity index is 193. The maximum atomic E-state index is 5.98. The molecule has 1 rings (SSSR count). The second-order valence-corrected chi connectivity index (χ2v) is 5.41. The number of amidine groups is 1. The van der Waals surface area contributed by atoms with Gasteiger partial charge in [0.1, 0.15) is 0 Å². The number of aliphatic imine (C=N–C) groups is 1. The van der Waals surface area contributed by atoms with Crippen LogP contribution >= 0.6 is 0 Å². The van der Waals surface area contributed by atoms with Crippen molar-refractivity contribution in [2.75, 3.05) is 0 Å². The minimum Gasteiger partial charge on any atom is -0.387 e. The lowest BCUT2D eigenvalue weighted by atomic mass is 9.95. The van der Waals surface area contributed by atoms with Crippen LogP contribution in [0.2, 0.25) is 0 Å². The van der Waals surface area contributed by atoms with Gasteiger partial charge in [-0.25, -0.2) is 0 Å². The smallest absolute Gasteiger partial charge is 0.0994 e. The molecule has 0 bridgehead atoms. The van der Waals surface area contributed by atoms with E-state index < -0.39 is 0 Å². The summed E-state index contributed by atoms with van der Waals surface area (Å²) in [6.45, 7) is 6.38. The van der Waals surface area contributed by atoms with Gasteiger partial charge in [0.2, 0.25) is 0 Å². The van der Waals surface area contributed by atoms with Crippen molar-refractivity contribution in [2.24, 2.45) is 16.1 Å². The SMILES string of the molecule is CC(C)(C)C(N)=NC1CCCCCC1. The molecule has 14 heavy (non-hydrogen) atoms. The molecule has 1 fully saturated rings. The van der Waals surface area contributed by atoms with Crippen LogP contribution in [0.1, 0.15) is 59.3 Å². The Labute approximate surface area is 88.0 Å². The van der Waals surface area contributed by atoms with Crippen LogP contribution < -0.4 is 5.73 Å². The van der Waals surface area contributed by atoms with Gasteiger partial charge in [0, 0.05) is 5.41 Å². The molecule has 2 heteroatoms. The second kappa shape index (κ2) is 4.81. The van der Waals surface area contributed by atoms with Crippen LogP contribution in [-0.2, 0) is 0 Å². The summed E-state index contributed by atoms with van der Waals surface area (Å²) in [5, 5.41) is 0. The van der Waals surface area contributed by atoms with E-state index in [-0.39, 0.29) is 5.41 Å². The lowest BCUT2D eigenvalue weighted by molar-refractivity contribution is 0.544. The molecule has 0 aromatic rings. The Morgan fingerprint density at radius 3 is 2.00 bits per heavy atom. The third-order valence-electron chi connectivity index (χ3n) is 2.91. The topological polar surface area (TPSA) is 38.4 Å². The summed E-state index contributed by atoms with van der Waals surface area (Å²) >= 11 is 0. The second-order valence-electron chi connectivity index (χ2n) is 5.41. The summed E-state index contributed by atoms with van der Waals surface area (Å²) < 4.78 is 0. The Morgan fingerprint density at radius 2 is 1.57 bits per heavy atom. The van der Waals surface area contributed by atoms with Gasteiger partial charge in [0.25, 0.3) is 0 Å². The first-order valence-electron chi connectivity index (χ1n) is 5.84. The Hall–Kier alpha value is -0.530. The first kappa shape index (κ1) is 11.5. The van der Waals surface area contributed by atoms with Crippen molar-refractivity contribution in [3.05, 3.63) is 0 Å². The van der Waals surface area contributed by atoms with Crippen molar-refractivity contribution in [2.45, 2.75) is 65.3 Å². The largest absolute Gasteiger partial charge is 0.387 e. The van der Waals surface area contributed by atoms with Gasteiger partial charge in [-0.2, -0.15) is 0 Å². The summed E-state index contributed by atoms with van der Waals surface area (Å²) in [6.07, 6.45) is 7.87. The van der Waals surface area contributed by atoms with Crippen molar-refractivity contribution < 1.29 is 0 Å². The highest BCUT2D eigenvalue weighted by molar-refractivity contribution is 5.85. The van der Waals surface area contributed by atoms with Crippen molar-refractivity contribution in [1.82, 2.24) is 0 Å². The van der Waals surface area contributed by atoms with Crippen molar-refractivity contribution >= 4 is 5.84 Å². The molecular formula is C12H24N2. The molecule has 0 saturated heterocycles. The van der Waals surface area contributed by atoms with Crippen LogP contribution in [0, 0.1) is 5.41 Å². The molecule has 0 aromatic heterocycles. The Kier molecular flexibility index (Phi) is 3.97. The third kappa shape index (κ3) is 3.69. The van der Waals surface area contributed by atoms with Crippen LogP contribution in [0.5, 0.6) is 0 Å². The fourth-order valence-corrected chi connectivity index (χ4v) is 1.78. The normalized spacial score (nSPS) is 22.1. The number of hydrogen-bond acceptors (Lipinski definition) is 1. The molecule has 0 spiro atoms. The molecule has 0 aliphatic heterocycles. The number of hydrogen-bond donors (Lipinski definition) is 1. The van der Waals surface area contributed by atoms with E-state index in [4.69, 9.17) is 5.73 Å². The average molecular weight is 196 g/mol. The highest BCUT2D eigenvalue weighted by atomic mass is 14.9. The molecule has 0 aromatic carbocycles. The summed E-state index contributed by atoms with van der Waals surface area (Å²) in [7, 11) is 0. The van der Waals surface area contributed by atoms with Gasteiger partial charge >= 0.3 is 0 Å². The van der Waals surface area contributed by atoms with E-state index in [0.29, 0.717) is 6.04 Å². The van der Waals surface area contributed by atoms with Crippen LogP contribution in [-0.4, -0.2) is 11.9 Å². The van der Waals surface area contributed by atoms with Gasteiger partial charge in [-0.05, 0) is 12.8 Å². The molecule has 1 aliphatic carbocycles. The van der Waals surface area contributed by atoms with Crippen molar-refractivity contribution in [3.8, 4) is 0 Å². The highest BCUT2D eigenvalue weighted by Gasteiger charge is 2.18. The highest BCUT2D eigenvalue weighted by Crippen LogP contribution is 2.22. The van der Waals surface area contributed by atoms with E-state index >= 15 is 0 Å². The van der Waals surface area contributed by atoms with Gasteiger partial charge in [0.15, 0.2) is 0 Å². The maximum absolute atomic E-state index is 5.98. The van der Waals surface area contributed by atoms with Gasteiger partial charge in [0.05, 0.1) is 11.9 Å². The minimum atomic E-state index is 0.0340. The van der Waals surface area contributed by atoms with Crippen molar-refractivity contribution in [1.29, 1.82) is 0 Å². The van der Waals surface area contributed by atoms with E-state index in [2.05, 4.69) is 25.8 Å². The monoisotopic (exact) mass is 196 g/mol. The maximum Gasteiger partial charge on any atom is 0.0994 e. The van der Waals surface area contributed by atoms with Crippen LogP contribution in [0.25, 0.3) is 0 Å². The van der Waals surface area contributed by atoms with Gasteiger partial charge in [-0.3, -0.25) is 4.99 Å². The fraction of sp³-hybridized carbons (Fsp3) is 0.917. The zero-order valence-corrected chi connectivity index (χ0v) is 9.84. The molecule has 82 valence electrons. The molecule has 0 heterocycles. The molecule has 0 amide bonds. The molecule has 0 atom stereocenters. The minimum absolute atomic E-state index is 0.0340. The van der Waals surface area contributed by atoms with E-state index in [1.807, 2.05) is 0 Å². The molecule has 2 nitrogen and oxygen atoms in total. The quantitative estimate of drug-likeness (QED) is 0.390. The third-order valence-corrected chi connectivity index (χ3v) is 2.91. The summed E-state index contributed by atoms with van der Waals surface area (Å²) in [6, 6.07) is 0.497. The summed E-state index contributed by atoms with van der Waals surface area (Å²) in [4.78, 5) is 4.66. The van der Waals surface area contributed by atoms with Crippen LogP contribution in [0.3, 0.4) is 0 Å². The Morgan fingerprint density at radius 1 is 1.07 bits per heavy atom. The fourth-order valence-electron chi connectivity index (χ4n) is 1.78. The summed E-state index contributed by atoms with van der Waals surface area (Å²) in [5.41, 5.74) is 6.02. The van der Waals surface area contributed by atoms with Crippen LogP contribution in [0.15, 0.2) is 4.99 Å².